The van der Waals surface area contributed by atoms with Crippen LogP contribution in [0.1, 0.15) is 51.0 Å². The number of carbonyl (C=O) groups excluding carboxylic acids is 4. The monoisotopic (exact) mass is 645 g/mol. The summed E-state index contributed by atoms with van der Waals surface area (Å²) in [4.78, 5) is 58.4. The van der Waals surface area contributed by atoms with E-state index in [4.69, 9.17) is 14.5 Å². The van der Waals surface area contributed by atoms with Gasteiger partial charge in [0.15, 0.2) is 5.82 Å². The van der Waals surface area contributed by atoms with Gasteiger partial charge in [-0.3, -0.25) is 19.2 Å². The zero-order valence-electron chi connectivity index (χ0n) is 27.0. The lowest BCUT2D eigenvalue weighted by molar-refractivity contribution is -0.135. The minimum Gasteiger partial charge on any atom is -0.492 e. The number of nitrogens with one attached hydrogen (secondary N) is 4. The molecule has 0 aliphatic carbocycles. The molecule has 13 heteroatoms. The van der Waals surface area contributed by atoms with Crippen molar-refractivity contribution in [2.75, 3.05) is 26.4 Å². The van der Waals surface area contributed by atoms with Gasteiger partial charge in [-0.25, -0.2) is 9.67 Å². The highest BCUT2D eigenvalue weighted by atomic mass is 16.5. The molecule has 0 spiro atoms. The number of hydrogen-bond acceptors (Lipinski definition) is 8. The van der Waals surface area contributed by atoms with Gasteiger partial charge in [-0.15, -0.1) is 0 Å². The summed E-state index contributed by atoms with van der Waals surface area (Å²) < 4.78 is 12.7. The summed E-state index contributed by atoms with van der Waals surface area (Å²) >= 11 is 0. The minimum atomic E-state index is -0.916. The van der Waals surface area contributed by atoms with E-state index in [0.29, 0.717) is 43.5 Å². The molecule has 0 radical (unpaired) electrons. The van der Waals surface area contributed by atoms with Crippen LogP contribution in [0.4, 0.5) is 0 Å². The van der Waals surface area contributed by atoms with E-state index in [1.807, 2.05) is 56.3 Å². The Morgan fingerprint density at radius 2 is 1.68 bits per heavy atom. The molecule has 3 atom stereocenters. The summed E-state index contributed by atoms with van der Waals surface area (Å²) in [7, 11) is 0. The van der Waals surface area contributed by atoms with Gasteiger partial charge < -0.3 is 30.7 Å². The number of benzene rings is 2. The lowest BCUT2D eigenvalue weighted by Gasteiger charge is -2.28. The van der Waals surface area contributed by atoms with Crippen molar-refractivity contribution < 1.29 is 28.7 Å². The lowest BCUT2D eigenvalue weighted by Crippen LogP contribution is -2.57. The third-order valence-corrected chi connectivity index (χ3v) is 8.30. The highest BCUT2D eigenvalue weighted by Crippen LogP contribution is 2.20. The van der Waals surface area contributed by atoms with Gasteiger partial charge in [-0.2, -0.15) is 5.10 Å². The van der Waals surface area contributed by atoms with E-state index < -0.39 is 29.9 Å². The molecule has 250 valence electrons. The van der Waals surface area contributed by atoms with Crippen molar-refractivity contribution in [3.05, 3.63) is 66.0 Å². The summed E-state index contributed by atoms with van der Waals surface area (Å²) in [6.45, 7) is 6.79. The van der Waals surface area contributed by atoms with Crippen LogP contribution in [0.2, 0.25) is 0 Å². The molecule has 1 aromatic heterocycles. The molecular weight excluding hydrogens is 602 g/mol. The van der Waals surface area contributed by atoms with E-state index in [1.165, 1.54) is 4.68 Å². The molecule has 2 bridgehead atoms. The quantitative estimate of drug-likeness (QED) is 0.334. The topological polar surface area (TPSA) is 166 Å². The summed E-state index contributed by atoms with van der Waals surface area (Å²) in [5.74, 6) is -0.529. The maximum absolute atomic E-state index is 13.8. The second-order valence-electron chi connectivity index (χ2n) is 12.3. The molecule has 3 aliphatic rings. The number of ether oxygens (including phenoxy) is 2. The Kier molecular flexibility index (Phi) is 11.2. The molecule has 6 rings (SSSR count). The predicted molar refractivity (Wildman–Crippen MR) is 173 cm³/mol. The Morgan fingerprint density at radius 1 is 0.957 bits per heavy atom. The second kappa shape index (κ2) is 15.7. The van der Waals surface area contributed by atoms with E-state index in [-0.39, 0.29) is 49.8 Å². The van der Waals surface area contributed by atoms with Crippen molar-refractivity contribution in [3.8, 4) is 17.1 Å². The largest absolute Gasteiger partial charge is 0.492 e. The third kappa shape index (κ3) is 8.94. The fourth-order valence-electron chi connectivity index (χ4n) is 5.62. The van der Waals surface area contributed by atoms with Gasteiger partial charge in [0.25, 0.3) is 0 Å². The van der Waals surface area contributed by atoms with Crippen LogP contribution in [0, 0.1) is 11.8 Å². The van der Waals surface area contributed by atoms with Crippen LogP contribution in [-0.2, 0) is 36.9 Å². The maximum atomic E-state index is 13.8. The molecule has 3 aliphatic heterocycles. The van der Waals surface area contributed by atoms with Crippen LogP contribution < -0.4 is 26.0 Å². The Balaban J connectivity index is 1.43. The first kappa shape index (κ1) is 33.6. The minimum absolute atomic E-state index is 0.122. The highest BCUT2D eigenvalue weighted by Gasteiger charge is 2.32. The van der Waals surface area contributed by atoms with Crippen molar-refractivity contribution in [2.24, 2.45) is 11.8 Å². The zero-order valence-corrected chi connectivity index (χ0v) is 27.0. The van der Waals surface area contributed by atoms with Gasteiger partial charge in [0, 0.05) is 31.1 Å². The molecule has 4 N–H and O–H groups in total. The number of aromatic nitrogens is 3. The Morgan fingerprint density at radius 3 is 2.38 bits per heavy atom. The fourth-order valence-corrected chi connectivity index (χ4v) is 5.62. The van der Waals surface area contributed by atoms with E-state index >= 15 is 0 Å². The summed E-state index contributed by atoms with van der Waals surface area (Å²) in [5.41, 5.74) is 1.57. The first-order chi connectivity index (χ1) is 22.7. The standard InChI is InChI=1S/C34H43N7O6/c1-21(2)29-34(45)36-22(3)31-39-30(24-7-5-4-6-8-24)40-41(31)20-28(42)35-15-18-47-26-11-9-23(10-12-26)19-27(33(44)38-29)37-32(43)25-13-16-46-17-14-25/h4-12,21-22,25,27,29H,13-20H2,1-3H3,(H,35,42)(H,36,45)(H,37,43)(H,38,44)/t22-,27-,29+/m0/s1. The fraction of sp³-hybridized carbons (Fsp3) is 0.471. The number of amides is 4. The van der Waals surface area contributed by atoms with E-state index in [9.17, 15) is 19.2 Å². The van der Waals surface area contributed by atoms with Crippen molar-refractivity contribution >= 4 is 23.6 Å². The van der Waals surface area contributed by atoms with Gasteiger partial charge in [-0.05, 0) is 43.4 Å². The van der Waals surface area contributed by atoms with E-state index in [0.717, 1.165) is 11.1 Å². The molecule has 0 saturated carbocycles. The van der Waals surface area contributed by atoms with Crippen LogP contribution in [0.25, 0.3) is 11.4 Å². The van der Waals surface area contributed by atoms with Crippen LogP contribution in [0.15, 0.2) is 54.6 Å². The van der Waals surface area contributed by atoms with Crippen molar-refractivity contribution in [3.63, 3.8) is 0 Å². The number of hydrogen-bond donors (Lipinski definition) is 4. The van der Waals surface area contributed by atoms with Crippen molar-refractivity contribution in [1.29, 1.82) is 0 Å². The normalized spacial score (nSPS) is 22.0. The van der Waals surface area contributed by atoms with Crippen LogP contribution in [-0.4, -0.2) is 76.8 Å². The van der Waals surface area contributed by atoms with Gasteiger partial charge in [0.1, 0.15) is 36.8 Å². The average molecular weight is 646 g/mol. The molecular formula is C34H43N7O6. The molecule has 13 nitrogen and oxygen atoms in total. The number of nitrogens with zero attached hydrogens (tertiary/aromatic N) is 3. The zero-order chi connectivity index (χ0) is 33.3. The van der Waals surface area contributed by atoms with Crippen molar-refractivity contribution in [2.45, 2.75) is 64.7 Å². The molecule has 4 amide bonds. The molecule has 1 saturated heterocycles. The average Bonchev–Trinajstić information content (AvgIpc) is 3.49. The maximum Gasteiger partial charge on any atom is 0.243 e. The van der Waals surface area contributed by atoms with Crippen LogP contribution in [0.3, 0.4) is 0 Å². The first-order valence-electron chi connectivity index (χ1n) is 16.2. The molecule has 0 unspecified atom stereocenters. The SMILES string of the molecule is CC(C)[C@H]1NC(=O)[C@@H](NC(=O)C2CCOCC2)Cc2ccc(cc2)OCCNC(=O)Cn2nc(-c3ccccc3)nc2[C@H](C)NC1=O. The smallest absolute Gasteiger partial charge is 0.243 e. The first-order valence-corrected chi connectivity index (χ1v) is 16.2. The van der Waals surface area contributed by atoms with Gasteiger partial charge in [0.2, 0.25) is 23.6 Å². The molecule has 4 heterocycles. The van der Waals surface area contributed by atoms with Gasteiger partial charge in [0.05, 0.1) is 12.6 Å². The van der Waals surface area contributed by atoms with Gasteiger partial charge >= 0.3 is 0 Å². The molecule has 2 aromatic carbocycles. The number of carbonyl (C=O) groups is 4. The third-order valence-electron chi connectivity index (χ3n) is 8.30. The molecule has 47 heavy (non-hydrogen) atoms. The number of rotatable bonds is 4. The van der Waals surface area contributed by atoms with E-state index in [1.54, 1.807) is 19.1 Å². The summed E-state index contributed by atoms with van der Waals surface area (Å²) in [5, 5.41) is 16.3. The Hall–Kier alpha value is -4.78. The predicted octanol–water partition coefficient (Wildman–Crippen LogP) is 1.93. The summed E-state index contributed by atoms with van der Waals surface area (Å²) in [6.07, 6.45) is 1.38. The van der Waals surface area contributed by atoms with E-state index in [2.05, 4.69) is 26.4 Å². The summed E-state index contributed by atoms with van der Waals surface area (Å²) in [6, 6.07) is 14.1. The van der Waals surface area contributed by atoms with Crippen molar-refractivity contribution in [1.82, 2.24) is 36.0 Å². The van der Waals surface area contributed by atoms with Crippen LogP contribution in [0.5, 0.6) is 5.75 Å². The molecule has 1 fully saturated rings. The van der Waals surface area contributed by atoms with Crippen LogP contribution >= 0.6 is 0 Å². The Bertz CT molecular complexity index is 1540. The Labute approximate surface area is 274 Å². The van der Waals surface area contributed by atoms with Gasteiger partial charge in [-0.1, -0.05) is 56.3 Å². The lowest BCUT2D eigenvalue weighted by atomic mass is 9.97. The number of fused-ring (bicyclic) bond motifs is 14. The highest BCUT2D eigenvalue weighted by molar-refractivity contribution is 5.93. The molecule has 3 aromatic rings. The second-order valence-corrected chi connectivity index (χ2v) is 12.3.